The highest BCUT2D eigenvalue weighted by atomic mass is 32.2. The van der Waals surface area contributed by atoms with E-state index >= 15 is 0 Å². The van der Waals surface area contributed by atoms with E-state index in [9.17, 15) is 8.42 Å². The highest BCUT2D eigenvalue weighted by Gasteiger charge is 2.41. The second-order valence-corrected chi connectivity index (χ2v) is 9.95. The summed E-state index contributed by atoms with van der Waals surface area (Å²) in [6.45, 7) is 3.64. The molecule has 130 valence electrons. The molecule has 0 atom stereocenters. The van der Waals surface area contributed by atoms with Crippen molar-refractivity contribution in [3.8, 4) is 0 Å². The Morgan fingerprint density at radius 3 is 2.78 bits per heavy atom. The van der Waals surface area contributed by atoms with Crippen molar-refractivity contribution < 1.29 is 13.2 Å². The molecule has 2 aliphatic heterocycles. The lowest BCUT2D eigenvalue weighted by atomic mass is 9.82. The van der Waals surface area contributed by atoms with E-state index in [1.54, 1.807) is 14.1 Å². The van der Waals surface area contributed by atoms with Gasteiger partial charge in [0.25, 0.3) is 0 Å². The van der Waals surface area contributed by atoms with Gasteiger partial charge in [0.05, 0.1) is 18.0 Å². The first-order valence-corrected chi connectivity index (χ1v) is 10.8. The van der Waals surface area contributed by atoms with E-state index in [1.807, 2.05) is 11.3 Å². The fourth-order valence-corrected chi connectivity index (χ4v) is 5.37. The molecule has 0 saturated carbocycles. The Hall–Kier alpha value is -0.470. The standard InChI is InChI=1S/C16H26N2O3S2/c1-17(2)23(19,20)13-3-8-18-9-6-16(7-10-18)14-5-12-22-15(14)4-11-21-16/h5,12H,3-4,6-11,13H2,1-2H3. The Balaban J connectivity index is 1.52. The van der Waals surface area contributed by atoms with Crippen LogP contribution in [-0.2, 0) is 26.8 Å². The minimum Gasteiger partial charge on any atom is -0.370 e. The average Bonchev–Trinajstić information content (AvgIpc) is 2.99. The van der Waals surface area contributed by atoms with Crippen LogP contribution in [0.4, 0.5) is 0 Å². The van der Waals surface area contributed by atoms with Crippen LogP contribution in [0.15, 0.2) is 11.4 Å². The van der Waals surface area contributed by atoms with Gasteiger partial charge in [0.1, 0.15) is 0 Å². The van der Waals surface area contributed by atoms with Gasteiger partial charge >= 0.3 is 0 Å². The monoisotopic (exact) mass is 358 g/mol. The number of nitrogens with zero attached hydrogens (tertiary/aromatic N) is 2. The third-order valence-electron chi connectivity index (χ3n) is 5.04. The van der Waals surface area contributed by atoms with E-state index in [0.29, 0.717) is 6.42 Å². The van der Waals surface area contributed by atoms with E-state index in [-0.39, 0.29) is 11.4 Å². The molecule has 2 aliphatic rings. The number of thiophene rings is 1. The second-order valence-electron chi connectivity index (χ2n) is 6.64. The summed E-state index contributed by atoms with van der Waals surface area (Å²) in [6, 6.07) is 2.23. The SMILES string of the molecule is CN(C)S(=O)(=O)CCCN1CCC2(CC1)OCCc1sccc12. The smallest absolute Gasteiger partial charge is 0.213 e. The summed E-state index contributed by atoms with van der Waals surface area (Å²) in [5.74, 6) is 0.229. The predicted octanol–water partition coefficient (Wildman–Crippen LogP) is 1.89. The van der Waals surface area contributed by atoms with Gasteiger partial charge in [-0.15, -0.1) is 11.3 Å². The van der Waals surface area contributed by atoms with Crippen molar-refractivity contribution in [2.75, 3.05) is 46.1 Å². The van der Waals surface area contributed by atoms with Gasteiger partial charge in [-0.2, -0.15) is 0 Å². The van der Waals surface area contributed by atoms with Gasteiger partial charge < -0.3 is 9.64 Å². The van der Waals surface area contributed by atoms with Crippen LogP contribution in [0.3, 0.4) is 0 Å². The second kappa shape index (κ2) is 6.80. The maximum Gasteiger partial charge on any atom is 0.213 e. The van der Waals surface area contributed by atoms with Gasteiger partial charge in [-0.1, -0.05) is 0 Å². The van der Waals surface area contributed by atoms with Crippen LogP contribution in [0.25, 0.3) is 0 Å². The minimum atomic E-state index is -3.08. The number of piperidine rings is 1. The normalized spacial score (nSPS) is 21.7. The Morgan fingerprint density at radius 1 is 1.35 bits per heavy atom. The third-order valence-corrected chi connectivity index (χ3v) is 7.94. The van der Waals surface area contributed by atoms with E-state index in [0.717, 1.165) is 45.5 Å². The first-order valence-electron chi connectivity index (χ1n) is 8.26. The van der Waals surface area contributed by atoms with Crippen molar-refractivity contribution in [3.05, 3.63) is 21.9 Å². The molecule has 0 aliphatic carbocycles. The average molecular weight is 359 g/mol. The molecule has 1 aromatic rings. The summed E-state index contributed by atoms with van der Waals surface area (Å²) in [5.41, 5.74) is 1.32. The van der Waals surface area contributed by atoms with Gasteiger partial charge in [0, 0.05) is 38.5 Å². The molecule has 3 rings (SSSR count). The van der Waals surface area contributed by atoms with Gasteiger partial charge in [-0.3, -0.25) is 0 Å². The molecular formula is C16H26N2O3S2. The molecule has 1 aromatic heterocycles. The molecule has 0 aromatic carbocycles. The topological polar surface area (TPSA) is 49.9 Å². The number of hydrogen-bond acceptors (Lipinski definition) is 5. The number of sulfonamides is 1. The van der Waals surface area contributed by atoms with Gasteiger partial charge in [-0.05, 0) is 42.8 Å². The lowest BCUT2D eigenvalue weighted by molar-refractivity contribution is -0.0969. The van der Waals surface area contributed by atoms with E-state index in [4.69, 9.17) is 4.74 Å². The van der Waals surface area contributed by atoms with Crippen LogP contribution in [0.1, 0.15) is 29.7 Å². The zero-order valence-electron chi connectivity index (χ0n) is 14.0. The molecule has 1 saturated heterocycles. The van der Waals surface area contributed by atoms with Crippen molar-refractivity contribution in [2.24, 2.45) is 0 Å². The predicted molar refractivity (Wildman–Crippen MR) is 93.4 cm³/mol. The maximum atomic E-state index is 11.8. The van der Waals surface area contributed by atoms with Crippen LogP contribution in [-0.4, -0.2) is 63.7 Å². The van der Waals surface area contributed by atoms with E-state index < -0.39 is 10.0 Å². The summed E-state index contributed by atoms with van der Waals surface area (Å²) < 4.78 is 31.1. The molecule has 0 N–H and O–H groups in total. The van der Waals surface area contributed by atoms with Gasteiger partial charge in [0.2, 0.25) is 10.0 Å². The number of hydrogen-bond donors (Lipinski definition) is 0. The molecular weight excluding hydrogens is 332 g/mol. The molecule has 1 spiro atoms. The third kappa shape index (κ3) is 3.64. The largest absolute Gasteiger partial charge is 0.370 e. The molecule has 0 bridgehead atoms. The Morgan fingerprint density at radius 2 is 2.09 bits per heavy atom. The maximum absolute atomic E-state index is 11.8. The summed E-state index contributed by atoms with van der Waals surface area (Å²) in [6.07, 6.45) is 3.76. The zero-order chi connectivity index (χ0) is 16.5. The minimum absolute atomic E-state index is 0.0835. The van der Waals surface area contributed by atoms with Crippen molar-refractivity contribution in [2.45, 2.75) is 31.3 Å². The first-order chi connectivity index (χ1) is 10.9. The first kappa shape index (κ1) is 17.4. The van der Waals surface area contributed by atoms with Crippen LogP contribution >= 0.6 is 11.3 Å². The lowest BCUT2D eigenvalue weighted by Gasteiger charge is -2.44. The Kier molecular flexibility index (Phi) is 5.13. The van der Waals surface area contributed by atoms with Gasteiger partial charge in [-0.25, -0.2) is 12.7 Å². The fraction of sp³-hybridized carbons (Fsp3) is 0.750. The summed E-state index contributed by atoms with van der Waals surface area (Å²) in [5, 5.41) is 2.18. The van der Waals surface area contributed by atoms with Crippen LogP contribution in [0, 0.1) is 0 Å². The number of fused-ring (bicyclic) bond motifs is 2. The molecule has 0 amide bonds. The molecule has 3 heterocycles. The number of ether oxygens (including phenoxy) is 1. The fourth-order valence-electron chi connectivity index (χ4n) is 3.56. The number of likely N-dealkylation sites (tertiary alicyclic amines) is 1. The Bertz CT molecular complexity index is 632. The Labute approximate surface area is 143 Å². The summed E-state index contributed by atoms with van der Waals surface area (Å²) in [4.78, 5) is 3.86. The van der Waals surface area contributed by atoms with E-state index in [1.165, 1.54) is 14.7 Å². The van der Waals surface area contributed by atoms with Crippen molar-refractivity contribution in [1.29, 1.82) is 0 Å². The molecule has 0 unspecified atom stereocenters. The van der Waals surface area contributed by atoms with Crippen LogP contribution in [0.2, 0.25) is 0 Å². The highest BCUT2D eigenvalue weighted by molar-refractivity contribution is 7.89. The van der Waals surface area contributed by atoms with Gasteiger partial charge in [0.15, 0.2) is 0 Å². The lowest BCUT2D eigenvalue weighted by Crippen LogP contribution is -2.46. The molecule has 23 heavy (non-hydrogen) atoms. The highest BCUT2D eigenvalue weighted by Crippen LogP contribution is 2.43. The molecule has 7 heteroatoms. The number of rotatable bonds is 5. The molecule has 5 nitrogen and oxygen atoms in total. The molecule has 1 fully saturated rings. The van der Waals surface area contributed by atoms with Crippen molar-refractivity contribution in [3.63, 3.8) is 0 Å². The summed E-state index contributed by atoms with van der Waals surface area (Å²) >= 11 is 1.85. The van der Waals surface area contributed by atoms with Crippen LogP contribution < -0.4 is 0 Å². The van der Waals surface area contributed by atoms with Crippen molar-refractivity contribution in [1.82, 2.24) is 9.21 Å². The summed E-state index contributed by atoms with van der Waals surface area (Å²) in [7, 11) is 0.117. The quantitative estimate of drug-likeness (QED) is 0.807. The van der Waals surface area contributed by atoms with Crippen LogP contribution in [0.5, 0.6) is 0 Å². The van der Waals surface area contributed by atoms with Crippen molar-refractivity contribution >= 4 is 21.4 Å². The molecule has 0 radical (unpaired) electrons. The zero-order valence-corrected chi connectivity index (χ0v) is 15.6. The van der Waals surface area contributed by atoms with E-state index in [2.05, 4.69) is 16.3 Å².